The molecule has 0 bridgehead atoms. The minimum Gasteiger partial charge on any atom is -0.507 e. The van der Waals surface area contributed by atoms with Crippen LogP contribution in [0, 0.1) is 11.3 Å². The van der Waals surface area contributed by atoms with Crippen molar-refractivity contribution in [2.45, 2.75) is 0 Å². The Bertz CT molecular complexity index is 612. The van der Waals surface area contributed by atoms with E-state index in [4.69, 9.17) is 5.26 Å². The van der Waals surface area contributed by atoms with Crippen LogP contribution in [-0.2, 0) is 0 Å². The normalized spacial score (nSPS) is 9.59. The number of para-hydroxylation sites is 1. The van der Waals surface area contributed by atoms with E-state index >= 15 is 0 Å². The molecule has 0 atom stereocenters. The van der Waals surface area contributed by atoms with E-state index in [2.05, 4.69) is 0 Å². The van der Waals surface area contributed by atoms with Gasteiger partial charge in [-0.1, -0.05) is 24.3 Å². The zero-order valence-corrected chi connectivity index (χ0v) is 8.92. The highest BCUT2D eigenvalue weighted by atomic mass is 16.3. The van der Waals surface area contributed by atoms with Crippen molar-refractivity contribution in [3.05, 3.63) is 53.6 Å². The van der Waals surface area contributed by atoms with Crippen LogP contribution in [0.2, 0.25) is 0 Å². The molecule has 2 aromatic rings. The van der Waals surface area contributed by atoms with Gasteiger partial charge in [0.15, 0.2) is 6.29 Å². The maximum Gasteiger partial charge on any atom is 0.153 e. The second kappa shape index (κ2) is 4.50. The minimum absolute atomic E-state index is 0.0578. The fourth-order valence-electron chi connectivity index (χ4n) is 1.65. The van der Waals surface area contributed by atoms with Crippen molar-refractivity contribution < 1.29 is 9.90 Å². The molecule has 2 aromatic carbocycles. The van der Waals surface area contributed by atoms with Crippen LogP contribution in [0.15, 0.2) is 42.5 Å². The van der Waals surface area contributed by atoms with Crippen LogP contribution in [0.4, 0.5) is 0 Å². The molecule has 3 heteroatoms. The third-order valence-electron chi connectivity index (χ3n) is 2.50. The smallest absolute Gasteiger partial charge is 0.153 e. The van der Waals surface area contributed by atoms with Gasteiger partial charge in [-0.2, -0.15) is 5.26 Å². The lowest BCUT2D eigenvalue weighted by atomic mass is 10.0. The summed E-state index contributed by atoms with van der Waals surface area (Å²) < 4.78 is 0. The first-order valence-corrected chi connectivity index (χ1v) is 5.04. The van der Waals surface area contributed by atoms with Crippen LogP contribution >= 0.6 is 0 Å². The molecule has 0 aromatic heterocycles. The van der Waals surface area contributed by atoms with E-state index in [1.54, 1.807) is 42.5 Å². The Hall–Kier alpha value is -2.60. The van der Waals surface area contributed by atoms with Gasteiger partial charge in [-0.25, -0.2) is 0 Å². The predicted octanol–water partition coefficient (Wildman–Crippen LogP) is 2.74. The van der Waals surface area contributed by atoms with Crippen molar-refractivity contribution >= 4 is 6.29 Å². The Labute approximate surface area is 98.6 Å². The summed E-state index contributed by atoms with van der Waals surface area (Å²) in [6, 6.07) is 13.8. The van der Waals surface area contributed by atoms with E-state index in [1.807, 2.05) is 6.07 Å². The van der Waals surface area contributed by atoms with Gasteiger partial charge in [-0.15, -0.1) is 0 Å². The highest BCUT2D eigenvalue weighted by molar-refractivity contribution is 5.85. The molecule has 2 rings (SSSR count). The van der Waals surface area contributed by atoms with E-state index in [0.29, 0.717) is 23.0 Å². The molecular formula is C14H9NO2. The van der Waals surface area contributed by atoms with Gasteiger partial charge in [-0.05, 0) is 23.8 Å². The Kier molecular flexibility index (Phi) is 2.89. The fraction of sp³-hybridized carbons (Fsp3) is 0. The molecule has 0 aliphatic carbocycles. The predicted molar refractivity (Wildman–Crippen MR) is 63.6 cm³/mol. The number of nitrogens with zero attached hydrogens (tertiary/aromatic N) is 1. The number of hydrogen-bond acceptors (Lipinski definition) is 3. The Morgan fingerprint density at radius 3 is 2.65 bits per heavy atom. The highest BCUT2D eigenvalue weighted by Crippen LogP contribution is 2.31. The van der Waals surface area contributed by atoms with Crippen LogP contribution in [-0.4, -0.2) is 11.4 Å². The number of carbonyl (C=O) groups excluding carboxylic acids is 1. The molecular weight excluding hydrogens is 214 g/mol. The number of nitriles is 1. The average Bonchev–Trinajstić information content (AvgIpc) is 2.39. The topological polar surface area (TPSA) is 61.1 Å². The number of aromatic hydroxyl groups is 1. The van der Waals surface area contributed by atoms with E-state index in [1.165, 1.54) is 0 Å². The molecule has 0 radical (unpaired) electrons. The average molecular weight is 223 g/mol. The van der Waals surface area contributed by atoms with Crippen molar-refractivity contribution in [2.24, 2.45) is 0 Å². The van der Waals surface area contributed by atoms with Gasteiger partial charge < -0.3 is 5.11 Å². The molecule has 0 saturated carbocycles. The van der Waals surface area contributed by atoms with Crippen molar-refractivity contribution in [2.75, 3.05) is 0 Å². The number of carbonyl (C=O) groups is 1. The summed E-state index contributed by atoms with van der Waals surface area (Å²) in [4.78, 5) is 10.7. The molecule has 0 unspecified atom stereocenters. The lowest BCUT2D eigenvalue weighted by molar-refractivity contribution is 0.112. The minimum atomic E-state index is -0.0578. The Morgan fingerprint density at radius 1 is 1.18 bits per heavy atom. The fourth-order valence-corrected chi connectivity index (χ4v) is 1.65. The van der Waals surface area contributed by atoms with Gasteiger partial charge >= 0.3 is 0 Å². The molecule has 3 nitrogen and oxygen atoms in total. The first-order chi connectivity index (χ1) is 8.26. The first kappa shape index (κ1) is 10.9. The van der Waals surface area contributed by atoms with Crippen LogP contribution < -0.4 is 0 Å². The van der Waals surface area contributed by atoms with Gasteiger partial charge in [0.1, 0.15) is 5.75 Å². The molecule has 82 valence electrons. The quantitative estimate of drug-likeness (QED) is 0.796. The lowest BCUT2D eigenvalue weighted by Gasteiger charge is -2.06. The van der Waals surface area contributed by atoms with Gasteiger partial charge in [0.25, 0.3) is 0 Å². The van der Waals surface area contributed by atoms with Crippen LogP contribution in [0.3, 0.4) is 0 Å². The zero-order valence-electron chi connectivity index (χ0n) is 8.92. The second-order valence-electron chi connectivity index (χ2n) is 3.55. The van der Waals surface area contributed by atoms with Gasteiger partial charge in [0.05, 0.1) is 17.2 Å². The van der Waals surface area contributed by atoms with E-state index in [0.717, 1.165) is 0 Å². The Balaban J connectivity index is 2.61. The SMILES string of the molecule is N#Cc1cccc(-c2cccc(C=O)c2O)c1. The summed E-state index contributed by atoms with van der Waals surface area (Å²) >= 11 is 0. The zero-order chi connectivity index (χ0) is 12.3. The lowest BCUT2D eigenvalue weighted by Crippen LogP contribution is -1.86. The standard InChI is InChI=1S/C14H9NO2/c15-8-10-3-1-4-11(7-10)13-6-2-5-12(9-16)14(13)17/h1-7,9,17H. The van der Waals surface area contributed by atoms with Crippen molar-refractivity contribution in [3.63, 3.8) is 0 Å². The van der Waals surface area contributed by atoms with Gasteiger partial charge in [0, 0.05) is 5.56 Å². The van der Waals surface area contributed by atoms with Crippen molar-refractivity contribution in [1.82, 2.24) is 0 Å². The first-order valence-electron chi connectivity index (χ1n) is 5.04. The summed E-state index contributed by atoms with van der Waals surface area (Å²) in [5.41, 5.74) is 2.01. The maximum absolute atomic E-state index is 10.7. The van der Waals surface area contributed by atoms with Crippen LogP contribution in [0.25, 0.3) is 11.1 Å². The summed E-state index contributed by atoms with van der Waals surface area (Å²) in [7, 11) is 0. The number of benzene rings is 2. The molecule has 0 fully saturated rings. The second-order valence-corrected chi connectivity index (χ2v) is 3.55. The summed E-state index contributed by atoms with van der Waals surface area (Å²) in [5, 5.41) is 18.7. The number of hydrogen-bond donors (Lipinski definition) is 1. The molecule has 0 spiro atoms. The molecule has 17 heavy (non-hydrogen) atoms. The Morgan fingerprint density at radius 2 is 1.94 bits per heavy atom. The van der Waals surface area contributed by atoms with Crippen LogP contribution in [0.1, 0.15) is 15.9 Å². The summed E-state index contributed by atoms with van der Waals surface area (Å²) in [5.74, 6) is -0.0578. The third-order valence-corrected chi connectivity index (χ3v) is 2.50. The van der Waals surface area contributed by atoms with E-state index in [-0.39, 0.29) is 11.3 Å². The molecule has 1 N–H and O–H groups in total. The monoisotopic (exact) mass is 223 g/mol. The maximum atomic E-state index is 10.7. The number of phenolic OH excluding ortho intramolecular Hbond substituents is 1. The van der Waals surface area contributed by atoms with Gasteiger partial charge in [-0.3, -0.25) is 4.79 Å². The highest BCUT2D eigenvalue weighted by Gasteiger charge is 2.08. The molecule has 0 aliphatic heterocycles. The number of aldehydes is 1. The molecule has 0 amide bonds. The largest absolute Gasteiger partial charge is 0.507 e. The van der Waals surface area contributed by atoms with E-state index < -0.39 is 0 Å². The van der Waals surface area contributed by atoms with E-state index in [9.17, 15) is 9.90 Å². The number of rotatable bonds is 2. The third kappa shape index (κ3) is 2.01. The van der Waals surface area contributed by atoms with Gasteiger partial charge in [0.2, 0.25) is 0 Å². The summed E-state index contributed by atoms with van der Waals surface area (Å²) in [6.07, 6.45) is 0.604. The molecule has 0 heterocycles. The number of phenols is 1. The molecule has 0 aliphatic rings. The molecule has 0 saturated heterocycles. The summed E-state index contributed by atoms with van der Waals surface area (Å²) in [6.45, 7) is 0. The van der Waals surface area contributed by atoms with Crippen molar-refractivity contribution in [1.29, 1.82) is 5.26 Å². The van der Waals surface area contributed by atoms with Crippen LogP contribution in [0.5, 0.6) is 5.75 Å². The van der Waals surface area contributed by atoms with Crippen molar-refractivity contribution in [3.8, 4) is 22.9 Å².